The van der Waals surface area contributed by atoms with Gasteiger partial charge in [0.1, 0.15) is 0 Å². The summed E-state index contributed by atoms with van der Waals surface area (Å²) in [5, 5.41) is 4.45. The number of nitrogens with zero attached hydrogens (tertiary/aromatic N) is 1. The lowest BCUT2D eigenvalue weighted by molar-refractivity contribution is 0.205. The van der Waals surface area contributed by atoms with Crippen molar-refractivity contribution in [2.75, 3.05) is 13.1 Å². The summed E-state index contributed by atoms with van der Waals surface area (Å²) in [6.45, 7) is 3.24. The number of hydrogen-bond acceptors (Lipinski definition) is 3. The molecule has 2 N–H and O–H groups in total. The minimum Gasteiger partial charge on any atom is -0.330 e. The predicted octanol–water partition coefficient (Wildman–Crippen LogP) is 2.45. The van der Waals surface area contributed by atoms with E-state index >= 15 is 0 Å². The molecule has 0 unspecified atom stereocenters. The van der Waals surface area contributed by atoms with Crippen molar-refractivity contribution in [1.82, 2.24) is 4.90 Å². The van der Waals surface area contributed by atoms with E-state index in [9.17, 15) is 0 Å². The van der Waals surface area contributed by atoms with Gasteiger partial charge in [0, 0.05) is 19.1 Å². The first-order valence-corrected chi connectivity index (χ1v) is 7.21. The fourth-order valence-electron chi connectivity index (χ4n) is 2.41. The van der Waals surface area contributed by atoms with Gasteiger partial charge in [0.25, 0.3) is 0 Å². The Morgan fingerprint density at radius 3 is 2.75 bits per heavy atom. The summed E-state index contributed by atoms with van der Waals surface area (Å²) >= 11 is 1.80. The molecule has 3 rings (SSSR count). The summed E-state index contributed by atoms with van der Waals surface area (Å²) in [5.41, 5.74) is 7.85. The highest BCUT2D eigenvalue weighted by Gasteiger charge is 2.44. The SMILES string of the molecule is NCC1(CN(Cc2ccsc2)C2CC2)CC1. The zero-order chi connectivity index (χ0) is 11.0. The van der Waals surface area contributed by atoms with Gasteiger partial charge in [-0.2, -0.15) is 11.3 Å². The number of hydrogen-bond donors (Lipinski definition) is 1. The number of rotatable bonds is 6. The largest absolute Gasteiger partial charge is 0.330 e. The lowest BCUT2D eigenvalue weighted by Crippen LogP contribution is -2.35. The molecule has 0 amide bonds. The summed E-state index contributed by atoms with van der Waals surface area (Å²) in [4.78, 5) is 2.67. The van der Waals surface area contributed by atoms with E-state index in [0.717, 1.165) is 19.1 Å². The van der Waals surface area contributed by atoms with Crippen molar-refractivity contribution >= 4 is 11.3 Å². The highest BCUT2D eigenvalue weighted by atomic mass is 32.1. The van der Waals surface area contributed by atoms with E-state index in [4.69, 9.17) is 5.73 Å². The summed E-state index contributed by atoms with van der Waals surface area (Å²) in [6.07, 6.45) is 5.47. The van der Waals surface area contributed by atoms with Crippen LogP contribution >= 0.6 is 11.3 Å². The van der Waals surface area contributed by atoms with Gasteiger partial charge >= 0.3 is 0 Å². The second kappa shape index (κ2) is 4.13. The van der Waals surface area contributed by atoms with Gasteiger partial charge in [0.15, 0.2) is 0 Å². The van der Waals surface area contributed by atoms with Crippen LogP contribution in [0.25, 0.3) is 0 Å². The van der Waals surface area contributed by atoms with Crippen molar-refractivity contribution in [3.63, 3.8) is 0 Å². The Bertz CT molecular complexity index is 339. The van der Waals surface area contributed by atoms with Gasteiger partial charge in [-0.1, -0.05) is 0 Å². The molecule has 2 saturated carbocycles. The molecular formula is C13H20N2S. The number of thiophene rings is 1. The van der Waals surface area contributed by atoms with Gasteiger partial charge in [-0.3, -0.25) is 4.90 Å². The summed E-state index contributed by atoms with van der Waals surface area (Å²) in [6, 6.07) is 3.10. The van der Waals surface area contributed by atoms with E-state index in [0.29, 0.717) is 5.41 Å². The molecule has 0 saturated heterocycles. The van der Waals surface area contributed by atoms with E-state index in [-0.39, 0.29) is 0 Å². The van der Waals surface area contributed by atoms with E-state index in [2.05, 4.69) is 21.7 Å². The van der Waals surface area contributed by atoms with Crippen molar-refractivity contribution in [3.8, 4) is 0 Å². The molecule has 2 aliphatic carbocycles. The van der Waals surface area contributed by atoms with Gasteiger partial charge in [-0.15, -0.1) is 0 Å². The molecule has 2 aliphatic rings. The van der Waals surface area contributed by atoms with Gasteiger partial charge < -0.3 is 5.73 Å². The average Bonchev–Trinajstić information content (AvgIpc) is 3.20. The highest BCUT2D eigenvalue weighted by molar-refractivity contribution is 7.07. The molecule has 16 heavy (non-hydrogen) atoms. The van der Waals surface area contributed by atoms with Crippen molar-refractivity contribution in [3.05, 3.63) is 22.4 Å². The normalized spacial score (nSPS) is 22.6. The maximum absolute atomic E-state index is 5.89. The molecule has 1 aromatic heterocycles. The van der Waals surface area contributed by atoms with Crippen LogP contribution in [0.3, 0.4) is 0 Å². The fraction of sp³-hybridized carbons (Fsp3) is 0.692. The molecule has 3 heteroatoms. The quantitative estimate of drug-likeness (QED) is 0.822. The minimum atomic E-state index is 0.485. The Balaban J connectivity index is 1.63. The topological polar surface area (TPSA) is 29.3 Å². The van der Waals surface area contributed by atoms with Crippen molar-refractivity contribution in [2.45, 2.75) is 38.3 Å². The maximum atomic E-state index is 5.89. The van der Waals surface area contributed by atoms with Crippen molar-refractivity contribution in [1.29, 1.82) is 0 Å². The zero-order valence-corrected chi connectivity index (χ0v) is 10.5. The van der Waals surface area contributed by atoms with Gasteiger partial charge in [0.2, 0.25) is 0 Å². The smallest absolute Gasteiger partial charge is 0.0245 e. The van der Waals surface area contributed by atoms with Gasteiger partial charge in [0.05, 0.1) is 0 Å². The van der Waals surface area contributed by atoms with Crippen molar-refractivity contribution < 1.29 is 0 Å². The lowest BCUT2D eigenvalue weighted by Gasteiger charge is -2.26. The van der Waals surface area contributed by atoms with Crippen LogP contribution in [0, 0.1) is 5.41 Å². The Labute approximate surface area is 101 Å². The Morgan fingerprint density at radius 2 is 2.25 bits per heavy atom. The standard InChI is InChI=1S/C13H20N2S/c14-9-13(4-5-13)10-15(12-1-2-12)7-11-3-6-16-8-11/h3,6,8,12H,1-2,4-5,7,9-10,14H2. The van der Waals surface area contributed by atoms with Crippen LogP contribution in [0.1, 0.15) is 31.2 Å². The van der Waals surface area contributed by atoms with Crippen LogP contribution in [0.2, 0.25) is 0 Å². The fourth-order valence-corrected chi connectivity index (χ4v) is 3.07. The molecular weight excluding hydrogens is 216 g/mol. The molecule has 88 valence electrons. The van der Waals surface area contributed by atoms with E-state index in [1.54, 1.807) is 11.3 Å². The van der Waals surface area contributed by atoms with Gasteiger partial charge in [-0.25, -0.2) is 0 Å². The lowest BCUT2D eigenvalue weighted by atomic mass is 10.1. The molecule has 2 fully saturated rings. The van der Waals surface area contributed by atoms with Crippen molar-refractivity contribution in [2.24, 2.45) is 11.1 Å². The summed E-state index contributed by atoms with van der Waals surface area (Å²) < 4.78 is 0. The summed E-state index contributed by atoms with van der Waals surface area (Å²) in [5.74, 6) is 0. The Kier molecular flexibility index (Phi) is 2.78. The third-order valence-corrected chi connectivity index (χ3v) is 4.69. The molecule has 0 spiro atoms. The Hall–Kier alpha value is -0.380. The van der Waals surface area contributed by atoms with E-state index < -0.39 is 0 Å². The molecule has 0 bridgehead atoms. The third kappa shape index (κ3) is 2.31. The number of nitrogens with two attached hydrogens (primary N) is 1. The monoisotopic (exact) mass is 236 g/mol. The first kappa shape index (κ1) is 10.8. The zero-order valence-electron chi connectivity index (χ0n) is 9.69. The predicted molar refractivity (Wildman–Crippen MR) is 68.5 cm³/mol. The first-order valence-electron chi connectivity index (χ1n) is 6.27. The van der Waals surface area contributed by atoms with Gasteiger partial charge in [-0.05, 0) is 60.0 Å². The second-order valence-electron chi connectivity index (χ2n) is 5.47. The minimum absolute atomic E-state index is 0.485. The van der Waals surface area contributed by atoms with Crippen LogP contribution < -0.4 is 5.73 Å². The second-order valence-corrected chi connectivity index (χ2v) is 6.25. The maximum Gasteiger partial charge on any atom is 0.0245 e. The summed E-state index contributed by atoms with van der Waals surface area (Å²) in [7, 11) is 0. The average molecular weight is 236 g/mol. The van der Waals surface area contributed by atoms with Crippen LogP contribution in [-0.2, 0) is 6.54 Å². The van der Waals surface area contributed by atoms with Crippen LogP contribution in [0.5, 0.6) is 0 Å². The van der Waals surface area contributed by atoms with E-state index in [1.807, 2.05) is 0 Å². The molecule has 0 radical (unpaired) electrons. The molecule has 0 aliphatic heterocycles. The molecule has 1 heterocycles. The Morgan fingerprint density at radius 1 is 1.44 bits per heavy atom. The molecule has 2 nitrogen and oxygen atoms in total. The third-order valence-electron chi connectivity index (χ3n) is 3.96. The van der Waals surface area contributed by atoms with Crippen LogP contribution in [0.15, 0.2) is 16.8 Å². The van der Waals surface area contributed by atoms with E-state index in [1.165, 1.54) is 37.8 Å². The molecule has 0 atom stereocenters. The first-order chi connectivity index (χ1) is 7.81. The highest BCUT2D eigenvalue weighted by Crippen LogP contribution is 2.47. The van der Waals surface area contributed by atoms with Crippen LogP contribution in [0.4, 0.5) is 0 Å². The molecule has 1 aromatic rings. The molecule has 0 aromatic carbocycles. The van der Waals surface area contributed by atoms with Crippen LogP contribution in [-0.4, -0.2) is 24.0 Å².